The summed E-state index contributed by atoms with van der Waals surface area (Å²) in [6.07, 6.45) is 4.35. The summed E-state index contributed by atoms with van der Waals surface area (Å²) in [5.41, 5.74) is 1.02. The third kappa shape index (κ3) is 1.55. The SMILES string of the molecule is COc1ccc2sc(N3CC=CC3)nc2c1. The van der Waals surface area contributed by atoms with Gasteiger partial charge in [0.05, 0.1) is 17.3 Å². The second-order valence-corrected chi connectivity index (χ2v) is 4.72. The van der Waals surface area contributed by atoms with Crippen molar-refractivity contribution >= 4 is 26.7 Å². The standard InChI is InChI=1S/C12H12N2OS/c1-15-9-4-5-11-10(8-9)13-12(16-11)14-6-2-3-7-14/h2-5,8H,6-7H2,1H3. The van der Waals surface area contributed by atoms with Crippen molar-refractivity contribution in [2.24, 2.45) is 0 Å². The first-order valence-electron chi connectivity index (χ1n) is 5.21. The molecule has 0 amide bonds. The van der Waals surface area contributed by atoms with Gasteiger partial charge < -0.3 is 9.64 Å². The fourth-order valence-corrected chi connectivity index (χ4v) is 2.76. The summed E-state index contributed by atoms with van der Waals surface area (Å²) in [5, 5.41) is 1.09. The highest BCUT2D eigenvalue weighted by Gasteiger charge is 2.12. The maximum atomic E-state index is 5.20. The molecule has 0 aliphatic carbocycles. The van der Waals surface area contributed by atoms with Crippen molar-refractivity contribution in [2.45, 2.75) is 0 Å². The summed E-state index contributed by atoms with van der Waals surface area (Å²) in [4.78, 5) is 6.89. The van der Waals surface area contributed by atoms with Crippen LogP contribution in [0.2, 0.25) is 0 Å². The minimum Gasteiger partial charge on any atom is -0.497 e. The van der Waals surface area contributed by atoms with E-state index in [0.29, 0.717) is 0 Å². The van der Waals surface area contributed by atoms with Crippen molar-refractivity contribution in [1.29, 1.82) is 0 Å². The van der Waals surface area contributed by atoms with Gasteiger partial charge in [-0.25, -0.2) is 4.98 Å². The minimum atomic E-state index is 0.865. The molecule has 1 aromatic carbocycles. The van der Waals surface area contributed by atoms with Gasteiger partial charge in [-0.1, -0.05) is 23.5 Å². The molecule has 0 fully saturated rings. The van der Waals surface area contributed by atoms with Gasteiger partial charge in [0.1, 0.15) is 5.75 Å². The molecular formula is C12H12N2OS. The van der Waals surface area contributed by atoms with Crippen molar-refractivity contribution in [3.8, 4) is 5.75 Å². The normalized spacial score (nSPS) is 14.9. The average molecular weight is 232 g/mol. The molecule has 4 heteroatoms. The average Bonchev–Trinajstić information content (AvgIpc) is 2.96. The highest BCUT2D eigenvalue weighted by molar-refractivity contribution is 7.22. The summed E-state index contributed by atoms with van der Waals surface area (Å²) >= 11 is 1.73. The van der Waals surface area contributed by atoms with Gasteiger partial charge in [-0.15, -0.1) is 0 Å². The van der Waals surface area contributed by atoms with Crippen LogP contribution in [0.25, 0.3) is 10.2 Å². The Morgan fingerprint density at radius 1 is 1.31 bits per heavy atom. The quantitative estimate of drug-likeness (QED) is 0.744. The Balaban J connectivity index is 2.01. The summed E-state index contributed by atoms with van der Waals surface area (Å²) in [7, 11) is 1.68. The molecule has 0 radical (unpaired) electrons. The first-order valence-corrected chi connectivity index (χ1v) is 6.03. The first kappa shape index (κ1) is 9.66. The number of benzene rings is 1. The van der Waals surface area contributed by atoms with E-state index < -0.39 is 0 Å². The van der Waals surface area contributed by atoms with Crippen molar-refractivity contribution in [3.05, 3.63) is 30.4 Å². The zero-order chi connectivity index (χ0) is 11.0. The van der Waals surface area contributed by atoms with Gasteiger partial charge in [0.25, 0.3) is 0 Å². The van der Waals surface area contributed by atoms with E-state index in [4.69, 9.17) is 4.74 Å². The highest BCUT2D eigenvalue weighted by Crippen LogP contribution is 2.31. The zero-order valence-electron chi connectivity index (χ0n) is 9.01. The van der Waals surface area contributed by atoms with Gasteiger partial charge in [-0.2, -0.15) is 0 Å². The van der Waals surface area contributed by atoms with E-state index in [2.05, 4.69) is 28.1 Å². The van der Waals surface area contributed by atoms with Crippen LogP contribution < -0.4 is 9.64 Å². The van der Waals surface area contributed by atoms with Gasteiger partial charge in [-0.3, -0.25) is 0 Å². The van der Waals surface area contributed by atoms with Crippen LogP contribution in [-0.4, -0.2) is 25.2 Å². The molecule has 0 bridgehead atoms. The molecule has 1 aromatic heterocycles. The van der Waals surface area contributed by atoms with Crippen LogP contribution in [0.15, 0.2) is 30.4 Å². The van der Waals surface area contributed by atoms with Crippen LogP contribution >= 0.6 is 11.3 Å². The molecule has 82 valence electrons. The molecule has 0 N–H and O–H groups in total. The topological polar surface area (TPSA) is 25.4 Å². The Hall–Kier alpha value is -1.55. The van der Waals surface area contributed by atoms with E-state index in [1.807, 2.05) is 12.1 Å². The summed E-state index contributed by atoms with van der Waals surface area (Å²) in [6.45, 7) is 1.94. The third-order valence-corrected chi connectivity index (χ3v) is 3.77. The number of methoxy groups -OCH3 is 1. The molecule has 3 rings (SSSR count). The molecule has 0 spiro atoms. The van der Waals surface area contributed by atoms with Crippen LogP contribution in [0.4, 0.5) is 5.13 Å². The predicted molar refractivity (Wildman–Crippen MR) is 67.5 cm³/mol. The highest BCUT2D eigenvalue weighted by atomic mass is 32.1. The predicted octanol–water partition coefficient (Wildman–Crippen LogP) is 2.68. The van der Waals surface area contributed by atoms with E-state index in [1.54, 1.807) is 18.4 Å². The van der Waals surface area contributed by atoms with Crippen molar-refractivity contribution in [3.63, 3.8) is 0 Å². The summed E-state index contributed by atoms with van der Waals surface area (Å²) in [5.74, 6) is 0.865. The van der Waals surface area contributed by atoms with Gasteiger partial charge in [0, 0.05) is 19.2 Å². The third-order valence-electron chi connectivity index (χ3n) is 2.67. The number of thiazole rings is 1. The Kier molecular flexibility index (Phi) is 2.29. The molecular weight excluding hydrogens is 220 g/mol. The number of hydrogen-bond donors (Lipinski definition) is 0. The number of rotatable bonds is 2. The molecule has 2 heterocycles. The van der Waals surface area contributed by atoms with E-state index in [9.17, 15) is 0 Å². The zero-order valence-corrected chi connectivity index (χ0v) is 9.83. The number of ether oxygens (including phenoxy) is 1. The molecule has 0 unspecified atom stereocenters. The van der Waals surface area contributed by atoms with Crippen molar-refractivity contribution in [2.75, 3.05) is 25.1 Å². The number of nitrogens with zero attached hydrogens (tertiary/aromatic N) is 2. The van der Waals surface area contributed by atoms with E-state index >= 15 is 0 Å². The maximum Gasteiger partial charge on any atom is 0.187 e. The van der Waals surface area contributed by atoms with E-state index in [0.717, 1.165) is 29.5 Å². The van der Waals surface area contributed by atoms with Gasteiger partial charge in [0.15, 0.2) is 5.13 Å². The lowest BCUT2D eigenvalue weighted by Gasteiger charge is -2.11. The second kappa shape index (κ2) is 3.79. The summed E-state index contributed by atoms with van der Waals surface area (Å²) in [6, 6.07) is 6.03. The fraction of sp³-hybridized carbons (Fsp3) is 0.250. The molecule has 0 saturated carbocycles. The molecule has 1 aliphatic rings. The van der Waals surface area contributed by atoms with Crippen LogP contribution in [-0.2, 0) is 0 Å². The minimum absolute atomic E-state index is 0.865. The molecule has 0 atom stereocenters. The second-order valence-electron chi connectivity index (χ2n) is 3.71. The molecule has 3 nitrogen and oxygen atoms in total. The Morgan fingerprint density at radius 2 is 2.12 bits per heavy atom. The van der Waals surface area contributed by atoms with Crippen LogP contribution in [0.1, 0.15) is 0 Å². The number of anilines is 1. The fourth-order valence-electron chi connectivity index (χ4n) is 1.79. The largest absolute Gasteiger partial charge is 0.497 e. The van der Waals surface area contributed by atoms with E-state index in [1.165, 1.54) is 4.70 Å². The molecule has 0 saturated heterocycles. The first-order chi connectivity index (χ1) is 7.86. The molecule has 2 aromatic rings. The Bertz CT molecular complexity index is 539. The molecule has 16 heavy (non-hydrogen) atoms. The van der Waals surface area contributed by atoms with Crippen LogP contribution in [0.5, 0.6) is 5.75 Å². The van der Waals surface area contributed by atoms with Crippen LogP contribution in [0.3, 0.4) is 0 Å². The Morgan fingerprint density at radius 3 is 2.88 bits per heavy atom. The van der Waals surface area contributed by atoms with Gasteiger partial charge >= 0.3 is 0 Å². The lowest BCUT2D eigenvalue weighted by atomic mass is 10.3. The van der Waals surface area contributed by atoms with Crippen LogP contribution in [0, 0.1) is 0 Å². The smallest absolute Gasteiger partial charge is 0.187 e. The van der Waals surface area contributed by atoms with Gasteiger partial charge in [0.2, 0.25) is 0 Å². The Labute approximate surface area is 98.0 Å². The lowest BCUT2D eigenvalue weighted by molar-refractivity contribution is 0.415. The van der Waals surface area contributed by atoms with Crippen molar-refractivity contribution < 1.29 is 4.74 Å². The lowest BCUT2D eigenvalue weighted by Crippen LogP contribution is -2.17. The maximum absolute atomic E-state index is 5.20. The number of hydrogen-bond acceptors (Lipinski definition) is 4. The molecule has 1 aliphatic heterocycles. The monoisotopic (exact) mass is 232 g/mol. The van der Waals surface area contributed by atoms with Gasteiger partial charge in [-0.05, 0) is 12.1 Å². The number of fused-ring (bicyclic) bond motifs is 1. The summed E-state index contributed by atoms with van der Waals surface area (Å²) < 4.78 is 6.41. The number of aromatic nitrogens is 1. The van der Waals surface area contributed by atoms with E-state index in [-0.39, 0.29) is 0 Å². The van der Waals surface area contributed by atoms with Crippen molar-refractivity contribution in [1.82, 2.24) is 4.98 Å².